The van der Waals surface area contributed by atoms with E-state index >= 15 is 0 Å². The molecule has 0 radical (unpaired) electrons. The Balaban J connectivity index is 1.89. The monoisotopic (exact) mass is 254 g/mol. The van der Waals surface area contributed by atoms with Crippen LogP contribution in [-0.2, 0) is 4.74 Å². The Morgan fingerprint density at radius 1 is 1.56 bits per heavy atom. The molecule has 2 fully saturated rings. The van der Waals surface area contributed by atoms with Crippen LogP contribution in [0.15, 0.2) is 17.5 Å². The molecule has 2 aliphatic heterocycles. The fourth-order valence-electron chi connectivity index (χ4n) is 1.99. The maximum atomic E-state index is 12.2. The maximum Gasteiger partial charge on any atom is 0.292 e. The van der Waals surface area contributed by atoms with Gasteiger partial charge in [-0.05, 0) is 11.4 Å². The smallest absolute Gasteiger partial charge is 0.292 e. The molecule has 0 bridgehead atoms. The topological polar surface area (TPSA) is 53.4 Å². The second-order valence-electron chi connectivity index (χ2n) is 3.72. The van der Waals surface area contributed by atoms with Crippen molar-refractivity contribution < 1.29 is 9.53 Å². The predicted molar refractivity (Wildman–Crippen MR) is 64.2 cm³/mol. The molecule has 1 amide bonds. The number of rotatable bonds is 1. The molecule has 1 aromatic heterocycles. The van der Waals surface area contributed by atoms with E-state index in [1.165, 1.54) is 16.2 Å². The van der Waals surface area contributed by atoms with Crippen molar-refractivity contribution in [3.05, 3.63) is 22.4 Å². The number of hydrogen-bond acceptors (Lipinski definition) is 5. The normalized spacial score (nSPS) is 28.0. The van der Waals surface area contributed by atoms with Gasteiger partial charge < -0.3 is 4.74 Å². The van der Waals surface area contributed by atoms with E-state index in [1.54, 1.807) is 17.8 Å². The number of carbonyl (C=O) groups excluding carboxylic acids is 1. The van der Waals surface area contributed by atoms with Crippen molar-refractivity contribution >= 4 is 35.0 Å². The number of ether oxygens (including phenoxy) is 1. The first-order chi connectivity index (χ1) is 7.77. The minimum absolute atomic E-state index is 0.00806. The molecule has 0 spiro atoms. The summed E-state index contributed by atoms with van der Waals surface area (Å²) in [6.07, 6.45) is 0.0152. The van der Waals surface area contributed by atoms with Gasteiger partial charge in [0.25, 0.3) is 11.9 Å². The van der Waals surface area contributed by atoms with Crippen LogP contribution in [0.1, 0.15) is 9.67 Å². The molecule has 0 unspecified atom stereocenters. The number of carbonyl (C=O) groups is 1. The van der Waals surface area contributed by atoms with Crippen LogP contribution in [0.2, 0.25) is 0 Å². The molecule has 3 rings (SSSR count). The highest BCUT2D eigenvalue weighted by atomic mass is 32.2. The molecule has 0 aromatic carbocycles. The summed E-state index contributed by atoms with van der Waals surface area (Å²) in [5.74, 6) is 1.64. The summed E-state index contributed by atoms with van der Waals surface area (Å²) in [5.41, 5.74) is 0. The van der Waals surface area contributed by atoms with E-state index in [9.17, 15) is 4.79 Å². The van der Waals surface area contributed by atoms with Crippen molar-refractivity contribution in [3.63, 3.8) is 0 Å². The van der Waals surface area contributed by atoms with Crippen molar-refractivity contribution in [1.29, 1.82) is 5.41 Å². The minimum Gasteiger partial charge on any atom is -0.459 e. The predicted octanol–water partition coefficient (Wildman–Crippen LogP) is 1.64. The highest BCUT2D eigenvalue weighted by Crippen LogP contribution is 2.32. The van der Waals surface area contributed by atoms with Gasteiger partial charge in [-0.25, -0.2) is 0 Å². The SMILES string of the molecule is N=C1O[C@H]2CSC[C@H]2N1C(=O)c1cccs1. The highest BCUT2D eigenvalue weighted by Gasteiger charge is 2.46. The summed E-state index contributed by atoms with van der Waals surface area (Å²) in [5, 5.41) is 9.58. The van der Waals surface area contributed by atoms with E-state index in [0.29, 0.717) is 4.88 Å². The molecule has 2 saturated heterocycles. The zero-order valence-electron chi connectivity index (χ0n) is 8.38. The van der Waals surface area contributed by atoms with Crippen molar-refractivity contribution in [2.45, 2.75) is 12.1 Å². The standard InChI is InChI=1S/C10H10N2O2S2/c11-10-12(6-4-15-5-7(6)14-10)9(13)8-2-1-3-16-8/h1-3,6-7,11H,4-5H2/t6-,7+/m1/s1. The zero-order chi connectivity index (χ0) is 11.1. The summed E-state index contributed by atoms with van der Waals surface area (Å²) in [4.78, 5) is 14.3. The first-order valence-electron chi connectivity index (χ1n) is 4.97. The minimum atomic E-state index is -0.102. The lowest BCUT2D eigenvalue weighted by atomic mass is 10.2. The largest absolute Gasteiger partial charge is 0.459 e. The molecule has 3 heterocycles. The van der Waals surface area contributed by atoms with Crippen molar-refractivity contribution in [1.82, 2.24) is 4.90 Å². The van der Waals surface area contributed by atoms with Gasteiger partial charge in [0.15, 0.2) is 0 Å². The van der Waals surface area contributed by atoms with E-state index in [0.717, 1.165) is 11.5 Å². The third-order valence-corrected chi connectivity index (χ3v) is 4.76. The summed E-state index contributed by atoms with van der Waals surface area (Å²) >= 11 is 3.18. The van der Waals surface area contributed by atoms with E-state index in [2.05, 4.69) is 0 Å². The van der Waals surface area contributed by atoms with Crippen LogP contribution in [-0.4, -0.2) is 40.5 Å². The zero-order valence-corrected chi connectivity index (χ0v) is 10.0. The molecule has 1 aromatic rings. The molecule has 2 aliphatic rings. The number of amides is 1. The average Bonchev–Trinajstić information content (AvgIpc) is 2.89. The first-order valence-corrected chi connectivity index (χ1v) is 7.01. The molecule has 1 N–H and O–H groups in total. The van der Waals surface area contributed by atoms with Crippen LogP contribution >= 0.6 is 23.1 Å². The second kappa shape index (κ2) is 3.78. The van der Waals surface area contributed by atoms with Gasteiger partial charge in [-0.2, -0.15) is 11.8 Å². The highest BCUT2D eigenvalue weighted by molar-refractivity contribution is 7.99. The Morgan fingerprint density at radius 3 is 3.19 bits per heavy atom. The van der Waals surface area contributed by atoms with Gasteiger partial charge in [0.2, 0.25) is 0 Å². The average molecular weight is 254 g/mol. The van der Waals surface area contributed by atoms with E-state index in [-0.39, 0.29) is 24.1 Å². The number of nitrogens with zero attached hydrogens (tertiary/aromatic N) is 1. The van der Waals surface area contributed by atoms with Gasteiger partial charge in [-0.15, -0.1) is 11.3 Å². The number of nitrogens with one attached hydrogen (secondary N) is 1. The lowest BCUT2D eigenvalue weighted by Gasteiger charge is -2.18. The fourth-order valence-corrected chi connectivity index (χ4v) is 3.91. The molecule has 0 saturated carbocycles. The Bertz CT molecular complexity index is 432. The molecule has 2 atom stereocenters. The Kier molecular flexibility index (Phi) is 2.40. The summed E-state index contributed by atoms with van der Waals surface area (Å²) in [6.45, 7) is 0. The van der Waals surface area contributed by atoms with E-state index < -0.39 is 0 Å². The Hall–Kier alpha value is -1.01. The van der Waals surface area contributed by atoms with Crippen LogP contribution in [0.5, 0.6) is 0 Å². The van der Waals surface area contributed by atoms with Crippen LogP contribution in [0.4, 0.5) is 0 Å². The quantitative estimate of drug-likeness (QED) is 0.829. The third kappa shape index (κ3) is 1.44. The number of thiophene rings is 1. The Labute approximate surface area is 101 Å². The van der Waals surface area contributed by atoms with Crippen LogP contribution < -0.4 is 0 Å². The van der Waals surface area contributed by atoms with Gasteiger partial charge in [-0.3, -0.25) is 15.1 Å². The number of thioether (sulfide) groups is 1. The molecular formula is C10H10N2O2S2. The van der Waals surface area contributed by atoms with Gasteiger partial charge >= 0.3 is 0 Å². The van der Waals surface area contributed by atoms with Crippen molar-refractivity contribution in [3.8, 4) is 0 Å². The van der Waals surface area contributed by atoms with Gasteiger partial charge in [0, 0.05) is 11.5 Å². The lowest BCUT2D eigenvalue weighted by molar-refractivity contribution is 0.0828. The third-order valence-electron chi connectivity index (χ3n) is 2.76. The summed E-state index contributed by atoms with van der Waals surface area (Å²) in [6, 6.07) is 3.69. The number of amidine groups is 1. The van der Waals surface area contributed by atoms with E-state index in [1.807, 2.05) is 11.4 Å². The summed E-state index contributed by atoms with van der Waals surface area (Å²) in [7, 11) is 0. The summed E-state index contributed by atoms with van der Waals surface area (Å²) < 4.78 is 5.39. The van der Waals surface area contributed by atoms with Crippen LogP contribution in [0.25, 0.3) is 0 Å². The van der Waals surface area contributed by atoms with Gasteiger partial charge in [0.05, 0.1) is 10.9 Å². The van der Waals surface area contributed by atoms with Crippen LogP contribution in [0, 0.1) is 5.41 Å². The van der Waals surface area contributed by atoms with Crippen molar-refractivity contribution in [2.24, 2.45) is 0 Å². The maximum absolute atomic E-state index is 12.2. The second-order valence-corrected chi connectivity index (χ2v) is 5.74. The first kappa shape index (κ1) is 10.2. The van der Waals surface area contributed by atoms with Crippen molar-refractivity contribution in [2.75, 3.05) is 11.5 Å². The van der Waals surface area contributed by atoms with Gasteiger partial charge in [-0.1, -0.05) is 6.07 Å². The molecule has 4 nitrogen and oxygen atoms in total. The van der Waals surface area contributed by atoms with Gasteiger partial charge in [0.1, 0.15) is 6.10 Å². The molecular weight excluding hydrogens is 244 g/mol. The Morgan fingerprint density at radius 2 is 2.44 bits per heavy atom. The number of fused-ring (bicyclic) bond motifs is 1. The molecule has 84 valence electrons. The van der Waals surface area contributed by atoms with Crippen LogP contribution in [0.3, 0.4) is 0 Å². The molecule has 16 heavy (non-hydrogen) atoms. The fraction of sp³-hybridized carbons (Fsp3) is 0.400. The lowest BCUT2D eigenvalue weighted by Crippen LogP contribution is -2.40. The molecule has 6 heteroatoms. The number of hydrogen-bond donors (Lipinski definition) is 1. The van der Waals surface area contributed by atoms with E-state index in [4.69, 9.17) is 10.1 Å². The molecule has 0 aliphatic carbocycles.